The summed E-state index contributed by atoms with van der Waals surface area (Å²) in [7, 11) is 1.59. The van der Waals surface area contributed by atoms with Crippen molar-refractivity contribution in [3.63, 3.8) is 0 Å². The van der Waals surface area contributed by atoms with E-state index in [0.29, 0.717) is 53.7 Å². The molecule has 1 saturated heterocycles. The van der Waals surface area contributed by atoms with Crippen LogP contribution in [0, 0.1) is 6.92 Å². The van der Waals surface area contributed by atoms with Crippen LogP contribution in [0.2, 0.25) is 0 Å². The summed E-state index contributed by atoms with van der Waals surface area (Å²) in [5, 5.41) is 0. The van der Waals surface area contributed by atoms with E-state index in [1.54, 1.807) is 12.0 Å². The molecule has 0 unspecified atom stereocenters. The molecule has 2 aromatic carbocycles. The van der Waals surface area contributed by atoms with Crippen molar-refractivity contribution in [3.8, 4) is 17.2 Å². The fraction of sp³-hybridized carbons (Fsp3) is 0.333. The SMILES string of the molecule is CCN1C(=O)C(=Cc2ccc(OCCOCCOc3ccccc3C)c(OC)c2)SC1=S. The van der Waals surface area contributed by atoms with Crippen molar-refractivity contribution in [2.24, 2.45) is 0 Å². The first kappa shape index (κ1) is 24.1. The van der Waals surface area contributed by atoms with Gasteiger partial charge in [-0.3, -0.25) is 9.69 Å². The second kappa shape index (κ2) is 11.9. The Labute approximate surface area is 198 Å². The highest BCUT2D eigenvalue weighted by Gasteiger charge is 2.30. The van der Waals surface area contributed by atoms with E-state index in [-0.39, 0.29) is 5.91 Å². The third-order valence-corrected chi connectivity index (χ3v) is 6.12. The van der Waals surface area contributed by atoms with Gasteiger partial charge in [0.05, 0.1) is 25.2 Å². The predicted octanol–water partition coefficient (Wildman–Crippen LogP) is 4.70. The van der Waals surface area contributed by atoms with E-state index < -0.39 is 0 Å². The number of thioether (sulfide) groups is 1. The molecular formula is C24H27NO5S2. The summed E-state index contributed by atoms with van der Waals surface area (Å²) < 4.78 is 23.1. The topological polar surface area (TPSA) is 57.2 Å². The smallest absolute Gasteiger partial charge is 0.266 e. The first-order valence-electron chi connectivity index (χ1n) is 10.4. The van der Waals surface area contributed by atoms with Gasteiger partial charge >= 0.3 is 0 Å². The fourth-order valence-electron chi connectivity index (χ4n) is 3.06. The van der Waals surface area contributed by atoms with E-state index in [1.807, 2.05) is 62.4 Å². The number of thiocarbonyl (C=S) groups is 1. The molecule has 1 aliphatic rings. The molecular weight excluding hydrogens is 446 g/mol. The molecule has 0 atom stereocenters. The van der Waals surface area contributed by atoms with Gasteiger partial charge in [0.1, 0.15) is 23.3 Å². The number of rotatable bonds is 11. The number of nitrogens with zero attached hydrogens (tertiary/aromatic N) is 1. The van der Waals surface area contributed by atoms with Crippen LogP contribution in [0.3, 0.4) is 0 Å². The number of hydrogen-bond acceptors (Lipinski definition) is 7. The lowest BCUT2D eigenvalue weighted by atomic mass is 10.2. The summed E-state index contributed by atoms with van der Waals surface area (Å²) in [6, 6.07) is 13.4. The maximum atomic E-state index is 12.4. The lowest BCUT2D eigenvalue weighted by Crippen LogP contribution is -2.27. The highest BCUT2D eigenvalue weighted by molar-refractivity contribution is 8.26. The predicted molar refractivity (Wildman–Crippen MR) is 132 cm³/mol. The van der Waals surface area contributed by atoms with Gasteiger partial charge in [0.25, 0.3) is 5.91 Å². The Morgan fingerprint density at radius 2 is 1.72 bits per heavy atom. The van der Waals surface area contributed by atoms with Gasteiger partial charge in [-0.05, 0) is 49.2 Å². The van der Waals surface area contributed by atoms with Crippen LogP contribution in [0.15, 0.2) is 47.4 Å². The molecule has 1 heterocycles. The molecule has 0 bridgehead atoms. The Hall–Kier alpha value is -2.55. The van der Waals surface area contributed by atoms with Crippen LogP contribution in [0.1, 0.15) is 18.1 Å². The largest absolute Gasteiger partial charge is 0.493 e. The normalized spacial score (nSPS) is 14.8. The monoisotopic (exact) mass is 473 g/mol. The summed E-state index contributed by atoms with van der Waals surface area (Å²) in [5.74, 6) is 2.01. The number of methoxy groups -OCH3 is 1. The molecule has 32 heavy (non-hydrogen) atoms. The lowest BCUT2D eigenvalue weighted by Gasteiger charge is -2.12. The third kappa shape index (κ3) is 6.25. The van der Waals surface area contributed by atoms with E-state index >= 15 is 0 Å². The molecule has 1 fully saturated rings. The molecule has 8 heteroatoms. The Bertz CT molecular complexity index is 992. The molecule has 6 nitrogen and oxygen atoms in total. The van der Waals surface area contributed by atoms with Crippen molar-refractivity contribution in [1.82, 2.24) is 4.90 Å². The molecule has 2 aromatic rings. The van der Waals surface area contributed by atoms with Gasteiger partial charge in [0.15, 0.2) is 11.5 Å². The molecule has 0 N–H and O–H groups in total. The second-order valence-corrected chi connectivity index (χ2v) is 8.59. The quantitative estimate of drug-likeness (QED) is 0.266. The van der Waals surface area contributed by atoms with Gasteiger partial charge in [-0.2, -0.15) is 0 Å². The Morgan fingerprint density at radius 3 is 2.38 bits per heavy atom. The molecule has 170 valence electrons. The first-order valence-corrected chi connectivity index (χ1v) is 11.6. The maximum absolute atomic E-state index is 12.4. The maximum Gasteiger partial charge on any atom is 0.266 e. The molecule has 0 spiro atoms. The number of para-hydroxylation sites is 1. The minimum absolute atomic E-state index is 0.0645. The summed E-state index contributed by atoms with van der Waals surface area (Å²) >= 11 is 6.57. The number of hydrogen-bond donors (Lipinski definition) is 0. The van der Waals surface area contributed by atoms with Gasteiger partial charge in [0, 0.05) is 6.54 Å². The first-order chi connectivity index (χ1) is 15.5. The van der Waals surface area contributed by atoms with Crippen LogP contribution in [0.5, 0.6) is 17.2 Å². The summed E-state index contributed by atoms with van der Waals surface area (Å²) in [6.07, 6.45) is 1.82. The van der Waals surface area contributed by atoms with E-state index in [4.69, 9.17) is 31.2 Å². The van der Waals surface area contributed by atoms with Crippen LogP contribution in [0.4, 0.5) is 0 Å². The molecule has 1 aliphatic heterocycles. The number of likely N-dealkylation sites (N-methyl/N-ethyl adjacent to an activating group) is 1. The van der Waals surface area contributed by atoms with Crippen molar-refractivity contribution < 1.29 is 23.7 Å². The van der Waals surface area contributed by atoms with Crippen LogP contribution in [0.25, 0.3) is 6.08 Å². The van der Waals surface area contributed by atoms with Gasteiger partial charge in [-0.25, -0.2) is 0 Å². The van der Waals surface area contributed by atoms with E-state index in [0.717, 1.165) is 16.9 Å². The van der Waals surface area contributed by atoms with Crippen molar-refractivity contribution in [2.45, 2.75) is 13.8 Å². The lowest BCUT2D eigenvalue weighted by molar-refractivity contribution is -0.121. The zero-order valence-electron chi connectivity index (χ0n) is 18.5. The summed E-state index contributed by atoms with van der Waals surface area (Å²) in [4.78, 5) is 14.6. The average molecular weight is 474 g/mol. The molecule has 0 aromatic heterocycles. The summed E-state index contributed by atoms with van der Waals surface area (Å²) in [6.45, 7) is 6.26. The molecule has 0 saturated carbocycles. The van der Waals surface area contributed by atoms with Gasteiger partial charge in [0.2, 0.25) is 0 Å². The zero-order chi connectivity index (χ0) is 22.9. The third-order valence-electron chi connectivity index (χ3n) is 4.74. The van der Waals surface area contributed by atoms with E-state index in [1.165, 1.54) is 11.8 Å². The Balaban J connectivity index is 1.46. The minimum atomic E-state index is -0.0645. The van der Waals surface area contributed by atoms with E-state index in [2.05, 4.69) is 0 Å². The van der Waals surface area contributed by atoms with Crippen LogP contribution in [-0.2, 0) is 9.53 Å². The van der Waals surface area contributed by atoms with Gasteiger partial charge in [-0.15, -0.1) is 0 Å². The Kier molecular flexibility index (Phi) is 8.96. The van der Waals surface area contributed by atoms with E-state index in [9.17, 15) is 4.79 Å². The molecule has 1 amide bonds. The highest BCUT2D eigenvalue weighted by Crippen LogP contribution is 2.34. The van der Waals surface area contributed by atoms with Gasteiger partial charge in [-0.1, -0.05) is 48.2 Å². The number of ether oxygens (including phenoxy) is 4. The van der Waals surface area contributed by atoms with Crippen molar-refractivity contribution >= 4 is 40.3 Å². The number of benzene rings is 2. The van der Waals surface area contributed by atoms with Crippen LogP contribution >= 0.6 is 24.0 Å². The van der Waals surface area contributed by atoms with Gasteiger partial charge < -0.3 is 18.9 Å². The van der Waals surface area contributed by atoms with Crippen molar-refractivity contribution in [3.05, 3.63) is 58.5 Å². The number of aryl methyl sites for hydroxylation is 1. The number of carbonyl (C=O) groups excluding carboxylic acids is 1. The average Bonchev–Trinajstić information content (AvgIpc) is 3.06. The van der Waals surface area contributed by atoms with Crippen molar-refractivity contribution in [2.75, 3.05) is 40.1 Å². The number of carbonyl (C=O) groups is 1. The van der Waals surface area contributed by atoms with Crippen LogP contribution < -0.4 is 14.2 Å². The second-order valence-electron chi connectivity index (χ2n) is 6.91. The fourth-order valence-corrected chi connectivity index (χ4v) is 4.44. The minimum Gasteiger partial charge on any atom is -0.493 e. The number of amides is 1. The molecule has 0 aliphatic carbocycles. The zero-order valence-corrected chi connectivity index (χ0v) is 20.1. The van der Waals surface area contributed by atoms with Crippen molar-refractivity contribution in [1.29, 1.82) is 0 Å². The van der Waals surface area contributed by atoms with Crippen LogP contribution in [-0.4, -0.2) is 55.2 Å². The molecule has 0 radical (unpaired) electrons. The standard InChI is InChI=1S/C24H27NO5S2/c1-4-25-23(26)22(32-24(25)31)16-18-9-10-20(21(15-18)27-3)30-14-12-28-11-13-29-19-8-6-5-7-17(19)2/h5-10,15-16H,4,11-14H2,1-3H3. The highest BCUT2D eigenvalue weighted by atomic mass is 32.2. The summed E-state index contributed by atoms with van der Waals surface area (Å²) in [5.41, 5.74) is 1.94. The molecule has 3 rings (SSSR count). The Morgan fingerprint density at radius 1 is 1.00 bits per heavy atom.